The van der Waals surface area contributed by atoms with Crippen LogP contribution in [0, 0.1) is 6.92 Å². The fourth-order valence-corrected chi connectivity index (χ4v) is 2.63. The highest BCUT2D eigenvalue weighted by Gasteiger charge is 2.26. The van der Waals surface area contributed by atoms with Gasteiger partial charge in [-0.2, -0.15) is 0 Å². The summed E-state index contributed by atoms with van der Waals surface area (Å²) < 4.78 is 0. The molecule has 0 unspecified atom stereocenters. The van der Waals surface area contributed by atoms with E-state index in [1.807, 2.05) is 6.20 Å². The number of aromatic nitrogens is 1. The highest BCUT2D eigenvalue weighted by Crippen LogP contribution is 2.33. The Morgan fingerprint density at radius 2 is 2.38 bits per heavy atom. The molecule has 2 heterocycles. The third kappa shape index (κ3) is 2.43. The van der Waals surface area contributed by atoms with Gasteiger partial charge in [-0.25, -0.2) is 0 Å². The Bertz CT molecular complexity index is 335. The zero-order valence-electron chi connectivity index (χ0n) is 10.4. The van der Waals surface area contributed by atoms with Crippen LogP contribution in [-0.4, -0.2) is 23.0 Å². The molecule has 16 heavy (non-hydrogen) atoms. The normalized spacial score (nSPS) is 21.5. The fourth-order valence-electron chi connectivity index (χ4n) is 2.63. The van der Waals surface area contributed by atoms with E-state index in [1.165, 1.54) is 49.9 Å². The molecule has 1 saturated heterocycles. The molecule has 0 aromatic carbocycles. The molecule has 0 bridgehead atoms. The monoisotopic (exact) mass is 218 g/mol. The number of hydrogen-bond acceptors (Lipinski definition) is 2. The summed E-state index contributed by atoms with van der Waals surface area (Å²) in [5.41, 5.74) is 2.83. The molecule has 2 heteroatoms. The van der Waals surface area contributed by atoms with Crippen molar-refractivity contribution in [1.29, 1.82) is 0 Å². The Balaban J connectivity index is 2.10. The average molecular weight is 218 g/mol. The molecule has 0 amide bonds. The Morgan fingerprint density at radius 1 is 1.50 bits per heavy atom. The van der Waals surface area contributed by atoms with E-state index < -0.39 is 0 Å². The molecule has 0 N–H and O–H groups in total. The van der Waals surface area contributed by atoms with Crippen LogP contribution in [0.15, 0.2) is 18.5 Å². The number of nitrogens with zero attached hydrogens (tertiary/aromatic N) is 2. The highest BCUT2D eigenvalue weighted by molar-refractivity contribution is 5.25. The maximum atomic E-state index is 4.28. The van der Waals surface area contributed by atoms with Crippen LogP contribution in [0.4, 0.5) is 0 Å². The molecule has 0 spiro atoms. The van der Waals surface area contributed by atoms with Gasteiger partial charge in [-0.05, 0) is 56.5 Å². The maximum Gasteiger partial charge on any atom is 0.0366 e. The van der Waals surface area contributed by atoms with Gasteiger partial charge in [0.25, 0.3) is 0 Å². The van der Waals surface area contributed by atoms with Gasteiger partial charge in [-0.3, -0.25) is 9.88 Å². The van der Waals surface area contributed by atoms with Crippen molar-refractivity contribution in [3.05, 3.63) is 29.6 Å². The van der Waals surface area contributed by atoms with E-state index >= 15 is 0 Å². The van der Waals surface area contributed by atoms with Gasteiger partial charge < -0.3 is 0 Å². The van der Waals surface area contributed by atoms with Crippen LogP contribution in [0.1, 0.15) is 49.8 Å². The molecule has 1 aromatic heterocycles. The SMILES string of the molecule is CCCCN1CCC[C@@H]1c1cnccc1C. The van der Waals surface area contributed by atoms with E-state index in [4.69, 9.17) is 0 Å². The standard InChI is InChI=1S/C14H22N2/c1-3-4-9-16-10-5-6-14(16)13-11-15-8-7-12(13)2/h7-8,11,14H,3-6,9-10H2,1-2H3/t14-/m1/s1. The molecular formula is C14H22N2. The minimum absolute atomic E-state index is 0.625. The van der Waals surface area contributed by atoms with Crippen LogP contribution in [-0.2, 0) is 0 Å². The molecular weight excluding hydrogens is 196 g/mol. The first-order valence-electron chi connectivity index (χ1n) is 6.47. The largest absolute Gasteiger partial charge is 0.296 e. The fraction of sp³-hybridized carbons (Fsp3) is 0.643. The lowest BCUT2D eigenvalue weighted by Crippen LogP contribution is -2.24. The Hall–Kier alpha value is -0.890. The minimum atomic E-state index is 0.625. The number of unbranched alkanes of at least 4 members (excludes halogenated alkanes) is 1. The second-order valence-electron chi connectivity index (χ2n) is 4.78. The van der Waals surface area contributed by atoms with Gasteiger partial charge in [0.05, 0.1) is 0 Å². The van der Waals surface area contributed by atoms with Gasteiger partial charge in [0, 0.05) is 18.4 Å². The van der Waals surface area contributed by atoms with Gasteiger partial charge in [0.2, 0.25) is 0 Å². The van der Waals surface area contributed by atoms with Crippen molar-refractivity contribution in [2.75, 3.05) is 13.1 Å². The number of aryl methyl sites for hydroxylation is 1. The van der Waals surface area contributed by atoms with Crippen molar-refractivity contribution >= 4 is 0 Å². The van der Waals surface area contributed by atoms with Gasteiger partial charge in [0.15, 0.2) is 0 Å². The number of hydrogen-bond donors (Lipinski definition) is 0. The van der Waals surface area contributed by atoms with Crippen molar-refractivity contribution in [3.8, 4) is 0 Å². The van der Waals surface area contributed by atoms with E-state index in [1.54, 1.807) is 0 Å². The topological polar surface area (TPSA) is 16.1 Å². The van der Waals surface area contributed by atoms with Crippen LogP contribution < -0.4 is 0 Å². The lowest BCUT2D eigenvalue weighted by molar-refractivity contribution is 0.252. The van der Waals surface area contributed by atoms with Gasteiger partial charge in [0.1, 0.15) is 0 Å². The van der Waals surface area contributed by atoms with Crippen molar-refractivity contribution in [2.45, 2.75) is 45.6 Å². The molecule has 1 aromatic rings. The molecule has 1 aliphatic heterocycles. The van der Waals surface area contributed by atoms with Crippen LogP contribution in [0.5, 0.6) is 0 Å². The minimum Gasteiger partial charge on any atom is -0.296 e. The Morgan fingerprint density at radius 3 is 3.12 bits per heavy atom. The van der Waals surface area contributed by atoms with Gasteiger partial charge in [-0.1, -0.05) is 13.3 Å². The van der Waals surface area contributed by atoms with Gasteiger partial charge >= 0.3 is 0 Å². The van der Waals surface area contributed by atoms with Crippen molar-refractivity contribution in [2.24, 2.45) is 0 Å². The summed E-state index contributed by atoms with van der Waals surface area (Å²) in [6.07, 6.45) is 9.19. The van der Waals surface area contributed by atoms with Crippen LogP contribution in [0.3, 0.4) is 0 Å². The van der Waals surface area contributed by atoms with Gasteiger partial charge in [-0.15, -0.1) is 0 Å². The molecule has 2 nitrogen and oxygen atoms in total. The van der Waals surface area contributed by atoms with Crippen molar-refractivity contribution in [3.63, 3.8) is 0 Å². The van der Waals surface area contributed by atoms with Crippen molar-refractivity contribution in [1.82, 2.24) is 9.88 Å². The maximum absolute atomic E-state index is 4.28. The molecule has 0 aliphatic carbocycles. The second kappa shape index (κ2) is 5.44. The van der Waals surface area contributed by atoms with Crippen LogP contribution in [0.2, 0.25) is 0 Å². The Kier molecular flexibility index (Phi) is 3.94. The first-order valence-corrected chi connectivity index (χ1v) is 6.47. The van der Waals surface area contributed by atoms with E-state index in [2.05, 4.69) is 36.0 Å². The van der Waals surface area contributed by atoms with E-state index in [0.717, 1.165) is 0 Å². The zero-order valence-corrected chi connectivity index (χ0v) is 10.4. The lowest BCUT2D eigenvalue weighted by atomic mass is 10.0. The Labute approximate surface area is 98.7 Å². The number of likely N-dealkylation sites (tertiary alicyclic amines) is 1. The summed E-state index contributed by atoms with van der Waals surface area (Å²) in [4.78, 5) is 6.91. The van der Waals surface area contributed by atoms with Crippen LogP contribution >= 0.6 is 0 Å². The molecule has 1 aliphatic rings. The average Bonchev–Trinajstić information content (AvgIpc) is 2.75. The molecule has 88 valence electrons. The number of rotatable bonds is 4. The van der Waals surface area contributed by atoms with E-state index in [0.29, 0.717) is 6.04 Å². The highest BCUT2D eigenvalue weighted by atomic mass is 15.2. The molecule has 1 fully saturated rings. The zero-order chi connectivity index (χ0) is 11.4. The summed E-state index contributed by atoms with van der Waals surface area (Å²) >= 11 is 0. The third-order valence-corrected chi connectivity index (χ3v) is 3.60. The summed E-state index contributed by atoms with van der Waals surface area (Å²) in [6, 6.07) is 2.76. The molecule has 0 radical (unpaired) electrons. The second-order valence-corrected chi connectivity index (χ2v) is 4.78. The number of pyridine rings is 1. The lowest BCUT2D eigenvalue weighted by Gasteiger charge is -2.25. The summed E-state index contributed by atoms with van der Waals surface area (Å²) in [5.74, 6) is 0. The smallest absolute Gasteiger partial charge is 0.0366 e. The first-order chi connectivity index (χ1) is 7.83. The summed E-state index contributed by atoms with van der Waals surface area (Å²) in [7, 11) is 0. The quantitative estimate of drug-likeness (QED) is 0.770. The third-order valence-electron chi connectivity index (χ3n) is 3.60. The molecule has 0 saturated carbocycles. The van der Waals surface area contributed by atoms with Crippen molar-refractivity contribution < 1.29 is 0 Å². The predicted molar refractivity (Wildman–Crippen MR) is 67.4 cm³/mol. The predicted octanol–water partition coefficient (Wildman–Crippen LogP) is 3.33. The molecule has 2 rings (SSSR count). The molecule has 1 atom stereocenters. The summed E-state index contributed by atoms with van der Waals surface area (Å²) in [6.45, 7) is 6.97. The van der Waals surface area contributed by atoms with E-state index in [9.17, 15) is 0 Å². The first kappa shape index (κ1) is 11.6. The van der Waals surface area contributed by atoms with Crippen LogP contribution in [0.25, 0.3) is 0 Å². The summed E-state index contributed by atoms with van der Waals surface area (Å²) in [5, 5.41) is 0. The van der Waals surface area contributed by atoms with E-state index in [-0.39, 0.29) is 0 Å².